The predicted molar refractivity (Wildman–Crippen MR) is 61.1 cm³/mol. The van der Waals surface area contributed by atoms with Gasteiger partial charge in [-0.1, -0.05) is 19.8 Å². The third kappa shape index (κ3) is 2.28. The molecule has 7 nitrogen and oxygen atoms in total. The fraction of sp³-hybridized carbons (Fsp3) is 0.800. The Kier molecular flexibility index (Phi) is 3.37. The maximum Gasteiger partial charge on any atom is 0.293 e. The number of tetrazole rings is 1. The van der Waals surface area contributed by atoms with Gasteiger partial charge in [-0.2, -0.15) is 5.21 Å². The molecule has 1 aliphatic rings. The predicted octanol–water partition coefficient (Wildman–Crippen LogP) is -0.163. The third-order valence-electron chi connectivity index (χ3n) is 3.73. The first-order valence-corrected chi connectivity index (χ1v) is 5.94. The second-order valence-electron chi connectivity index (χ2n) is 4.70. The summed E-state index contributed by atoms with van der Waals surface area (Å²) in [7, 11) is 0. The van der Waals surface area contributed by atoms with E-state index < -0.39 is 0 Å². The molecular weight excluding hydrogens is 220 g/mol. The minimum Gasteiger partial charge on any atom is -0.342 e. The van der Waals surface area contributed by atoms with Gasteiger partial charge in [0.2, 0.25) is 0 Å². The van der Waals surface area contributed by atoms with E-state index in [-0.39, 0.29) is 17.3 Å². The highest BCUT2D eigenvalue weighted by atomic mass is 16.2. The highest BCUT2D eigenvalue weighted by Gasteiger charge is 2.38. The molecule has 0 saturated heterocycles. The lowest BCUT2D eigenvalue weighted by Crippen LogP contribution is -2.59. The zero-order valence-corrected chi connectivity index (χ0v) is 9.94. The van der Waals surface area contributed by atoms with E-state index in [9.17, 15) is 4.79 Å². The summed E-state index contributed by atoms with van der Waals surface area (Å²) in [5, 5.41) is 16.0. The highest BCUT2D eigenvalue weighted by molar-refractivity contribution is 5.90. The number of nitrogens with two attached hydrogens (primary N) is 1. The van der Waals surface area contributed by atoms with Crippen molar-refractivity contribution in [3.8, 4) is 0 Å². The van der Waals surface area contributed by atoms with Gasteiger partial charge in [0, 0.05) is 6.54 Å². The number of hydrogen-bond acceptors (Lipinski definition) is 5. The van der Waals surface area contributed by atoms with Crippen LogP contribution in [0.1, 0.15) is 43.2 Å². The summed E-state index contributed by atoms with van der Waals surface area (Å²) in [5.74, 6) is 0.130. The van der Waals surface area contributed by atoms with Crippen LogP contribution in [0, 0.1) is 5.92 Å². The van der Waals surface area contributed by atoms with E-state index in [2.05, 4.69) is 32.9 Å². The van der Waals surface area contributed by atoms with Crippen LogP contribution in [0.2, 0.25) is 0 Å². The molecule has 2 rings (SSSR count). The van der Waals surface area contributed by atoms with Crippen molar-refractivity contribution >= 4 is 5.91 Å². The van der Waals surface area contributed by atoms with Crippen LogP contribution in [0.3, 0.4) is 0 Å². The summed E-state index contributed by atoms with van der Waals surface area (Å²) in [5.41, 5.74) is 5.53. The minimum atomic E-state index is -0.323. The average Bonchev–Trinajstić information content (AvgIpc) is 2.86. The van der Waals surface area contributed by atoms with Crippen molar-refractivity contribution in [2.24, 2.45) is 11.7 Å². The second-order valence-corrected chi connectivity index (χ2v) is 4.70. The van der Waals surface area contributed by atoms with Gasteiger partial charge in [-0.05, 0) is 24.0 Å². The van der Waals surface area contributed by atoms with Gasteiger partial charge < -0.3 is 11.1 Å². The maximum absolute atomic E-state index is 11.9. The van der Waals surface area contributed by atoms with Gasteiger partial charge >= 0.3 is 0 Å². The number of H-pyrrole nitrogens is 1. The van der Waals surface area contributed by atoms with Crippen molar-refractivity contribution in [2.45, 2.75) is 38.1 Å². The average molecular weight is 238 g/mol. The van der Waals surface area contributed by atoms with Crippen molar-refractivity contribution in [3.63, 3.8) is 0 Å². The van der Waals surface area contributed by atoms with Crippen LogP contribution in [0.25, 0.3) is 0 Å². The first-order chi connectivity index (χ1) is 8.18. The molecule has 1 heterocycles. The molecule has 0 radical (unpaired) electrons. The summed E-state index contributed by atoms with van der Waals surface area (Å²) >= 11 is 0. The van der Waals surface area contributed by atoms with E-state index in [1.54, 1.807) is 0 Å². The standard InChI is InChI=1S/C10H18N6O/c1-7-4-2-3-5-10(7,6-11)12-9(17)8-13-15-16-14-8/h7H,2-6,11H2,1H3,(H,12,17)(H,13,14,15,16). The van der Waals surface area contributed by atoms with Crippen molar-refractivity contribution in [3.05, 3.63) is 5.82 Å². The number of carbonyl (C=O) groups excluding carboxylic acids is 1. The topological polar surface area (TPSA) is 110 Å². The summed E-state index contributed by atoms with van der Waals surface area (Å²) in [6.45, 7) is 2.57. The molecule has 1 saturated carbocycles. The van der Waals surface area contributed by atoms with Crippen LogP contribution in [0.5, 0.6) is 0 Å². The number of carbonyl (C=O) groups is 1. The lowest BCUT2D eigenvalue weighted by molar-refractivity contribution is 0.0802. The number of nitrogens with one attached hydrogen (secondary N) is 2. The molecule has 7 heteroatoms. The van der Waals surface area contributed by atoms with Gasteiger partial charge in [0.15, 0.2) is 0 Å². The number of aromatic amines is 1. The lowest BCUT2D eigenvalue weighted by Gasteiger charge is -2.42. The number of aromatic nitrogens is 4. The summed E-state index contributed by atoms with van der Waals surface area (Å²) in [6.07, 6.45) is 4.28. The van der Waals surface area contributed by atoms with Crippen LogP contribution in [0.4, 0.5) is 0 Å². The Hall–Kier alpha value is -1.50. The van der Waals surface area contributed by atoms with E-state index >= 15 is 0 Å². The van der Waals surface area contributed by atoms with E-state index in [1.165, 1.54) is 6.42 Å². The van der Waals surface area contributed by atoms with Gasteiger partial charge in [-0.25, -0.2) is 0 Å². The quantitative estimate of drug-likeness (QED) is 0.677. The largest absolute Gasteiger partial charge is 0.342 e. The second kappa shape index (κ2) is 4.79. The molecule has 94 valence electrons. The van der Waals surface area contributed by atoms with Crippen LogP contribution in [-0.2, 0) is 0 Å². The fourth-order valence-corrected chi connectivity index (χ4v) is 2.49. The van der Waals surface area contributed by atoms with Crippen molar-refractivity contribution < 1.29 is 4.79 Å². The Morgan fingerprint density at radius 2 is 2.47 bits per heavy atom. The molecule has 1 fully saturated rings. The molecule has 17 heavy (non-hydrogen) atoms. The molecular formula is C10H18N6O. The lowest BCUT2D eigenvalue weighted by atomic mass is 9.73. The Morgan fingerprint density at radius 3 is 3.06 bits per heavy atom. The fourth-order valence-electron chi connectivity index (χ4n) is 2.49. The summed E-state index contributed by atoms with van der Waals surface area (Å²) in [4.78, 5) is 11.9. The van der Waals surface area contributed by atoms with E-state index in [0.717, 1.165) is 19.3 Å². The molecule has 2 atom stereocenters. The number of amides is 1. The molecule has 0 aromatic carbocycles. The monoisotopic (exact) mass is 238 g/mol. The van der Waals surface area contributed by atoms with E-state index in [1.807, 2.05) is 0 Å². The van der Waals surface area contributed by atoms with Crippen molar-refractivity contribution in [1.82, 2.24) is 25.9 Å². The normalized spacial score (nSPS) is 28.9. The Labute approximate surface area is 99.5 Å². The van der Waals surface area contributed by atoms with Gasteiger partial charge in [0.25, 0.3) is 11.7 Å². The van der Waals surface area contributed by atoms with Gasteiger partial charge in [0.05, 0.1) is 5.54 Å². The highest BCUT2D eigenvalue weighted by Crippen LogP contribution is 2.32. The molecule has 1 aliphatic carbocycles. The molecule has 0 aliphatic heterocycles. The van der Waals surface area contributed by atoms with Gasteiger partial charge in [0.1, 0.15) is 0 Å². The van der Waals surface area contributed by atoms with E-state index in [0.29, 0.717) is 12.5 Å². The zero-order chi connectivity index (χ0) is 12.3. The summed E-state index contributed by atoms with van der Waals surface area (Å²) < 4.78 is 0. The van der Waals surface area contributed by atoms with Crippen LogP contribution in [0.15, 0.2) is 0 Å². The first kappa shape index (κ1) is 12.0. The minimum absolute atomic E-state index is 0.0654. The van der Waals surface area contributed by atoms with Gasteiger partial charge in [-0.3, -0.25) is 4.79 Å². The summed E-state index contributed by atoms with van der Waals surface area (Å²) in [6, 6.07) is 0. The molecule has 0 bridgehead atoms. The molecule has 1 amide bonds. The first-order valence-electron chi connectivity index (χ1n) is 5.94. The molecule has 2 unspecified atom stereocenters. The van der Waals surface area contributed by atoms with E-state index in [4.69, 9.17) is 5.73 Å². The van der Waals surface area contributed by atoms with Crippen molar-refractivity contribution in [1.29, 1.82) is 0 Å². The molecule has 1 aromatic heterocycles. The number of rotatable bonds is 3. The smallest absolute Gasteiger partial charge is 0.293 e. The molecule has 4 N–H and O–H groups in total. The number of nitrogens with zero attached hydrogens (tertiary/aromatic N) is 3. The molecule has 0 spiro atoms. The van der Waals surface area contributed by atoms with Crippen LogP contribution < -0.4 is 11.1 Å². The third-order valence-corrected chi connectivity index (χ3v) is 3.73. The maximum atomic E-state index is 11.9. The Bertz CT molecular complexity index is 378. The Balaban J connectivity index is 2.11. The zero-order valence-electron chi connectivity index (χ0n) is 9.94. The van der Waals surface area contributed by atoms with Gasteiger partial charge in [-0.15, -0.1) is 10.2 Å². The molecule has 1 aromatic rings. The van der Waals surface area contributed by atoms with Crippen molar-refractivity contribution in [2.75, 3.05) is 6.54 Å². The number of hydrogen-bond donors (Lipinski definition) is 3. The van der Waals surface area contributed by atoms with Crippen LogP contribution >= 0.6 is 0 Å². The van der Waals surface area contributed by atoms with Crippen LogP contribution in [-0.4, -0.2) is 38.6 Å². The Morgan fingerprint density at radius 1 is 1.65 bits per heavy atom. The SMILES string of the molecule is CC1CCCCC1(CN)NC(=O)c1nn[nH]n1.